The quantitative estimate of drug-likeness (QED) is 0.480. The van der Waals surface area contributed by atoms with E-state index in [1.165, 1.54) is 0 Å². The van der Waals surface area contributed by atoms with Crippen molar-refractivity contribution in [3.63, 3.8) is 0 Å². The van der Waals surface area contributed by atoms with Crippen LogP contribution >= 0.6 is 0 Å². The van der Waals surface area contributed by atoms with Gasteiger partial charge in [0.15, 0.2) is 0 Å². The van der Waals surface area contributed by atoms with Gasteiger partial charge >= 0.3 is 6.01 Å². The highest BCUT2D eigenvalue weighted by molar-refractivity contribution is 5.18. The molecule has 1 aromatic heterocycles. The van der Waals surface area contributed by atoms with Gasteiger partial charge in [0.25, 0.3) is 0 Å². The topological polar surface area (TPSA) is 84.9 Å². The summed E-state index contributed by atoms with van der Waals surface area (Å²) in [5, 5.41) is 8.61. The number of rotatable bonds is 0. The molecular formula is C4H5N4O. The molecule has 1 rings (SSSR count). The second-order valence-corrected chi connectivity index (χ2v) is 1.41. The van der Waals surface area contributed by atoms with Crippen molar-refractivity contribution >= 4 is 5.95 Å². The van der Waals surface area contributed by atoms with Crippen LogP contribution in [0.15, 0.2) is 0 Å². The number of aromatic hydroxyl groups is 1. The summed E-state index contributed by atoms with van der Waals surface area (Å²) in [5.74, 6) is 0.146. The molecule has 0 bridgehead atoms. The van der Waals surface area contributed by atoms with Crippen molar-refractivity contribution in [3.05, 3.63) is 12.7 Å². The van der Waals surface area contributed by atoms with Crippen LogP contribution in [0.2, 0.25) is 0 Å². The number of aromatic nitrogens is 3. The molecule has 5 heteroatoms. The van der Waals surface area contributed by atoms with Crippen molar-refractivity contribution < 1.29 is 5.11 Å². The van der Waals surface area contributed by atoms with Gasteiger partial charge in [0.2, 0.25) is 5.95 Å². The first kappa shape index (κ1) is 5.74. The van der Waals surface area contributed by atoms with Crippen LogP contribution in [-0.4, -0.2) is 20.1 Å². The molecule has 1 radical (unpaired) electrons. The Morgan fingerprint density at radius 1 is 1.33 bits per heavy atom. The second-order valence-electron chi connectivity index (χ2n) is 1.41. The van der Waals surface area contributed by atoms with Gasteiger partial charge in [0, 0.05) is 6.92 Å². The lowest BCUT2D eigenvalue weighted by Crippen LogP contribution is -1.98. The lowest BCUT2D eigenvalue weighted by molar-refractivity contribution is 0.428. The molecule has 0 spiro atoms. The molecule has 5 nitrogen and oxygen atoms in total. The SMILES string of the molecule is [CH2]c1nc(N)nc(O)n1. The number of nitrogen functional groups attached to an aromatic ring is 1. The minimum Gasteiger partial charge on any atom is -0.479 e. The third-order valence-electron chi connectivity index (χ3n) is 0.687. The minimum absolute atomic E-state index is 0.0208. The number of nitrogens with zero attached hydrogens (tertiary/aromatic N) is 3. The molecule has 47 valence electrons. The maximum Gasteiger partial charge on any atom is 0.318 e. The molecule has 0 amide bonds. The molecule has 1 heterocycles. The first-order chi connectivity index (χ1) is 4.18. The largest absolute Gasteiger partial charge is 0.479 e. The third kappa shape index (κ3) is 1.25. The first-order valence-corrected chi connectivity index (χ1v) is 2.21. The van der Waals surface area contributed by atoms with Gasteiger partial charge in [-0.25, -0.2) is 0 Å². The summed E-state index contributed by atoms with van der Waals surface area (Å²) in [6.07, 6.45) is 0. The fourth-order valence-corrected chi connectivity index (χ4v) is 0.425. The average Bonchev–Trinajstić information content (AvgIpc) is 1.59. The molecule has 3 N–H and O–H groups in total. The van der Waals surface area contributed by atoms with Crippen molar-refractivity contribution in [1.29, 1.82) is 0 Å². The van der Waals surface area contributed by atoms with E-state index in [9.17, 15) is 0 Å². The van der Waals surface area contributed by atoms with Crippen molar-refractivity contribution in [1.82, 2.24) is 15.0 Å². The molecule has 0 saturated carbocycles. The summed E-state index contributed by atoms with van der Waals surface area (Å²) >= 11 is 0. The zero-order valence-electron chi connectivity index (χ0n) is 4.57. The van der Waals surface area contributed by atoms with Crippen molar-refractivity contribution in [2.75, 3.05) is 5.73 Å². The Balaban J connectivity index is 3.17. The standard InChI is InChI=1S/C4H5N4O/c1-2-6-3(5)8-4(9)7-2/h1H2,(H3,5,6,7,8,9). The van der Waals surface area contributed by atoms with Crippen LogP contribution < -0.4 is 5.73 Å². The van der Waals surface area contributed by atoms with Crippen molar-refractivity contribution in [2.45, 2.75) is 0 Å². The van der Waals surface area contributed by atoms with E-state index in [4.69, 9.17) is 10.8 Å². The minimum atomic E-state index is -0.396. The van der Waals surface area contributed by atoms with Crippen LogP contribution in [-0.2, 0) is 0 Å². The second kappa shape index (κ2) is 1.85. The summed E-state index contributed by atoms with van der Waals surface area (Å²) in [5.41, 5.74) is 5.10. The molecule has 0 aromatic carbocycles. The van der Waals surface area contributed by atoms with Crippen LogP contribution in [0.25, 0.3) is 0 Å². The van der Waals surface area contributed by atoms with E-state index in [2.05, 4.69) is 21.9 Å². The lowest BCUT2D eigenvalue weighted by atomic mass is 10.7. The molecule has 0 aliphatic carbocycles. The predicted octanol–water partition coefficient (Wildman–Crippen LogP) is -0.658. The Bertz CT molecular complexity index is 173. The van der Waals surface area contributed by atoms with Gasteiger partial charge in [-0.15, -0.1) is 0 Å². The van der Waals surface area contributed by atoms with Gasteiger partial charge in [-0.3, -0.25) is 0 Å². The van der Waals surface area contributed by atoms with E-state index in [1.807, 2.05) is 0 Å². The van der Waals surface area contributed by atoms with Crippen LogP contribution in [0.5, 0.6) is 6.01 Å². The molecule has 1 aromatic rings. The van der Waals surface area contributed by atoms with E-state index in [0.717, 1.165) is 0 Å². The number of hydrogen-bond donors (Lipinski definition) is 2. The fraction of sp³-hybridized carbons (Fsp3) is 0. The Hall–Kier alpha value is -1.39. The lowest BCUT2D eigenvalue weighted by Gasteiger charge is -1.92. The molecule has 0 fully saturated rings. The van der Waals surface area contributed by atoms with Gasteiger partial charge in [0.1, 0.15) is 5.82 Å². The Morgan fingerprint density at radius 3 is 2.44 bits per heavy atom. The van der Waals surface area contributed by atoms with Crippen LogP contribution in [0.4, 0.5) is 5.95 Å². The summed E-state index contributed by atoms with van der Waals surface area (Å²) < 4.78 is 0. The van der Waals surface area contributed by atoms with Gasteiger partial charge in [-0.1, -0.05) is 0 Å². The Morgan fingerprint density at radius 2 is 2.00 bits per heavy atom. The first-order valence-electron chi connectivity index (χ1n) is 2.21. The molecule has 0 aliphatic heterocycles. The zero-order valence-corrected chi connectivity index (χ0v) is 4.57. The Labute approximate surface area is 51.6 Å². The molecule has 9 heavy (non-hydrogen) atoms. The van der Waals surface area contributed by atoms with Crippen molar-refractivity contribution in [2.24, 2.45) is 0 Å². The Kier molecular flexibility index (Phi) is 1.18. The molecular weight excluding hydrogens is 120 g/mol. The van der Waals surface area contributed by atoms with Crippen LogP contribution in [0, 0.1) is 6.92 Å². The van der Waals surface area contributed by atoms with Gasteiger partial charge < -0.3 is 10.8 Å². The average molecular weight is 125 g/mol. The van der Waals surface area contributed by atoms with E-state index in [0.29, 0.717) is 0 Å². The van der Waals surface area contributed by atoms with Crippen LogP contribution in [0.3, 0.4) is 0 Å². The maximum absolute atomic E-state index is 8.61. The van der Waals surface area contributed by atoms with E-state index in [-0.39, 0.29) is 11.8 Å². The summed E-state index contributed by atoms with van der Waals surface area (Å²) in [4.78, 5) is 10.2. The normalized spacial score (nSPS) is 9.44. The summed E-state index contributed by atoms with van der Waals surface area (Å²) in [7, 11) is 0. The number of hydrogen-bond acceptors (Lipinski definition) is 5. The zero-order chi connectivity index (χ0) is 6.85. The van der Waals surface area contributed by atoms with Gasteiger partial charge in [-0.05, 0) is 0 Å². The highest BCUT2D eigenvalue weighted by atomic mass is 16.3. The molecule has 0 saturated heterocycles. The fourth-order valence-electron chi connectivity index (χ4n) is 0.425. The van der Waals surface area contributed by atoms with E-state index in [1.54, 1.807) is 0 Å². The maximum atomic E-state index is 8.61. The monoisotopic (exact) mass is 125 g/mol. The van der Waals surface area contributed by atoms with Crippen molar-refractivity contribution in [3.8, 4) is 6.01 Å². The van der Waals surface area contributed by atoms with E-state index >= 15 is 0 Å². The smallest absolute Gasteiger partial charge is 0.318 e. The third-order valence-corrected chi connectivity index (χ3v) is 0.687. The number of nitrogens with two attached hydrogens (primary N) is 1. The summed E-state index contributed by atoms with van der Waals surface area (Å²) in [6, 6.07) is -0.396. The molecule has 0 aliphatic rings. The van der Waals surface area contributed by atoms with Gasteiger partial charge in [0.05, 0.1) is 0 Å². The summed E-state index contributed by atoms with van der Waals surface area (Å²) in [6.45, 7) is 3.34. The number of anilines is 1. The highest BCUT2D eigenvalue weighted by Gasteiger charge is 1.95. The van der Waals surface area contributed by atoms with E-state index < -0.39 is 6.01 Å². The predicted molar refractivity (Wildman–Crippen MR) is 30.4 cm³/mol. The molecule has 0 atom stereocenters. The molecule has 0 unspecified atom stereocenters. The highest BCUT2D eigenvalue weighted by Crippen LogP contribution is 1.99. The van der Waals surface area contributed by atoms with Crippen LogP contribution in [0.1, 0.15) is 5.82 Å². The van der Waals surface area contributed by atoms with Gasteiger partial charge in [-0.2, -0.15) is 15.0 Å².